The van der Waals surface area contributed by atoms with Gasteiger partial charge in [0.15, 0.2) is 6.29 Å². The molecule has 0 spiro atoms. The van der Waals surface area contributed by atoms with Gasteiger partial charge < -0.3 is 24.8 Å². The van der Waals surface area contributed by atoms with Gasteiger partial charge in [-0.3, -0.25) is 0 Å². The van der Waals surface area contributed by atoms with Gasteiger partial charge in [0.1, 0.15) is 6.10 Å². The second-order valence-corrected chi connectivity index (χ2v) is 9.10. The Morgan fingerprint density at radius 3 is 2.12 bits per heavy atom. The molecule has 5 heteroatoms. The highest BCUT2D eigenvalue weighted by molar-refractivity contribution is 5.01. The van der Waals surface area contributed by atoms with Gasteiger partial charge in [-0.1, -0.05) is 6.92 Å². The van der Waals surface area contributed by atoms with Gasteiger partial charge in [-0.05, 0) is 68.1 Å². The maximum absolute atomic E-state index is 10.2. The lowest BCUT2D eigenvalue weighted by molar-refractivity contribution is -0.290. The molecule has 24 heavy (non-hydrogen) atoms. The maximum atomic E-state index is 10.2. The zero-order chi connectivity index (χ0) is 16.9. The molecule has 1 saturated heterocycles. The maximum Gasteiger partial charge on any atom is 0.186 e. The van der Waals surface area contributed by atoms with Crippen LogP contribution in [-0.2, 0) is 9.47 Å². The Kier molecular flexibility index (Phi) is 4.67. The van der Waals surface area contributed by atoms with E-state index >= 15 is 0 Å². The van der Waals surface area contributed by atoms with Gasteiger partial charge in [-0.15, -0.1) is 0 Å². The van der Waals surface area contributed by atoms with Gasteiger partial charge >= 0.3 is 0 Å². The number of hydrogen-bond acceptors (Lipinski definition) is 5. The summed E-state index contributed by atoms with van der Waals surface area (Å²) < 4.78 is 11.5. The third-order valence-electron chi connectivity index (χ3n) is 7.32. The minimum Gasteiger partial charge on any atom is -0.394 e. The van der Waals surface area contributed by atoms with Crippen molar-refractivity contribution >= 4 is 0 Å². The SMILES string of the molecule is C[C@H]1C(CO)O[C@H](OCCC23CC4CC(CC(C4)C2)C3)[C@H](O)C1O. The van der Waals surface area contributed by atoms with Gasteiger partial charge in [0.05, 0.1) is 25.4 Å². The van der Waals surface area contributed by atoms with Gasteiger partial charge in [-0.2, -0.15) is 0 Å². The molecule has 1 heterocycles. The molecule has 5 fully saturated rings. The molecule has 5 rings (SSSR count). The van der Waals surface area contributed by atoms with Gasteiger partial charge in [0, 0.05) is 5.92 Å². The molecule has 138 valence electrons. The zero-order valence-corrected chi connectivity index (χ0v) is 14.6. The standard InChI is InChI=1S/C19H32O5/c1-11-15(10-20)24-18(17(22)16(11)21)23-3-2-19-7-12-4-13(8-19)6-14(5-12)9-19/h11-18,20-22H,2-10H2,1H3/t11-,12?,13?,14?,15?,16?,17+,18-,19?/m0/s1. The van der Waals surface area contributed by atoms with Gasteiger partial charge in [0.25, 0.3) is 0 Å². The largest absolute Gasteiger partial charge is 0.394 e. The fraction of sp³-hybridized carbons (Fsp3) is 1.00. The Labute approximate surface area is 144 Å². The van der Waals surface area contributed by atoms with Crippen molar-refractivity contribution in [3.05, 3.63) is 0 Å². The molecule has 1 aliphatic heterocycles. The molecule has 0 amide bonds. The summed E-state index contributed by atoms with van der Waals surface area (Å²) in [7, 11) is 0. The Morgan fingerprint density at radius 2 is 1.58 bits per heavy atom. The number of aliphatic hydroxyl groups excluding tert-OH is 3. The van der Waals surface area contributed by atoms with Crippen molar-refractivity contribution in [3.63, 3.8) is 0 Å². The van der Waals surface area contributed by atoms with Gasteiger partial charge in [0.2, 0.25) is 0 Å². The van der Waals surface area contributed by atoms with Crippen LogP contribution in [0.3, 0.4) is 0 Å². The lowest BCUT2D eigenvalue weighted by atomic mass is 9.49. The topological polar surface area (TPSA) is 79.2 Å². The van der Waals surface area contributed by atoms with E-state index in [4.69, 9.17) is 9.47 Å². The van der Waals surface area contributed by atoms with Crippen LogP contribution in [0.15, 0.2) is 0 Å². The van der Waals surface area contributed by atoms with E-state index in [1.54, 1.807) is 6.92 Å². The van der Waals surface area contributed by atoms with Crippen molar-refractivity contribution in [2.75, 3.05) is 13.2 Å². The third-order valence-corrected chi connectivity index (χ3v) is 7.32. The minimum absolute atomic E-state index is 0.167. The van der Waals surface area contributed by atoms with Gasteiger partial charge in [-0.25, -0.2) is 0 Å². The predicted molar refractivity (Wildman–Crippen MR) is 88.1 cm³/mol. The van der Waals surface area contributed by atoms with Crippen molar-refractivity contribution in [2.45, 2.75) is 76.5 Å². The normalized spacial score (nSPS) is 53.5. The van der Waals surface area contributed by atoms with Crippen LogP contribution >= 0.6 is 0 Å². The zero-order valence-electron chi connectivity index (χ0n) is 14.6. The van der Waals surface area contributed by atoms with Crippen LogP contribution in [0, 0.1) is 29.1 Å². The first-order valence-corrected chi connectivity index (χ1v) is 9.74. The van der Waals surface area contributed by atoms with Crippen molar-refractivity contribution in [1.29, 1.82) is 0 Å². The first-order valence-electron chi connectivity index (χ1n) is 9.74. The highest BCUT2D eigenvalue weighted by atomic mass is 16.7. The Balaban J connectivity index is 1.32. The molecule has 3 N–H and O–H groups in total. The fourth-order valence-corrected chi connectivity index (χ4v) is 6.40. The lowest BCUT2D eigenvalue weighted by Crippen LogP contribution is -2.55. The molecule has 5 aliphatic rings. The number of ether oxygens (including phenoxy) is 2. The van der Waals surface area contributed by atoms with Crippen LogP contribution in [0.5, 0.6) is 0 Å². The van der Waals surface area contributed by atoms with Crippen LogP contribution in [0.4, 0.5) is 0 Å². The summed E-state index contributed by atoms with van der Waals surface area (Å²) in [5, 5.41) is 29.7. The van der Waals surface area contributed by atoms with E-state index in [9.17, 15) is 15.3 Å². The Hall–Kier alpha value is -0.200. The van der Waals surface area contributed by atoms with Crippen LogP contribution in [0.2, 0.25) is 0 Å². The molecule has 2 unspecified atom stereocenters. The molecule has 5 atom stereocenters. The quantitative estimate of drug-likeness (QED) is 0.710. The number of aliphatic hydroxyl groups is 3. The molecular weight excluding hydrogens is 308 g/mol. The average molecular weight is 340 g/mol. The molecule has 0 aromatic rings. The number of hydrogen-bond donors (Lipinski definition) is 3. The van der Waals surface area contributed by atoms with E-state index in [1.807, 2.05) is 0 Å². The Bertz CT molecular complexity index is 416. The monoisotopic (exact) mass is 340 g/mol. The predicted octanol–water partition coefficient (Wildman–Crippen LogP) is 1.68. The molecule has 5 nitrogen and oxygen atoms in total. The fourth-order valence-electron chi connectivity index (χ4n) is 6.40. The van der Waals surface area contributed by atoms with Crippen LogP contribution < -0.4 is 0 Å². The van der Waals surface area contributed by atoms with Crippen molar-refractivity contribution in [2.24, 2.45) is 29.1 Å². The summed E-state index contributed by atoms with van der Waals surface area (Å²) in [4.78, 5) is 0. The minimum atomic E-state index is -1.04. The van der Waals surface area contributed by atoms with E-state index < -0.39 is 24.6 Å². The summed E-state index contributed by atoms with van der Waals surface area (Å²) in [6.07, 6.45) is 6.10. The lowest BCUT2D eigenvalue weighted by Gasteiger charge is -2.57. The van der Waals surface area contributed by atoms with E-state index in [0.29, 0.717) is 12.0 Å². The van der Waals surface area contributed by atoms with Crippen molar-refractivity contribution < 1.29 is 24.8 Å². The summed E-state index contributed by atoms with van der Waals surface area (Å²) in [5.74, 6) is 2.48. The van der Waals surface area contributed by atoms with Crippen LogP contribution in [-0.4, -0.2) is 53.1 Å². The van der Waals surface area contributed by atoms with Crippen LogP contribution in [0.25, 0.3) is 0 Å². The molecule has 0 aromatic heterocycles. The molecule has 4 bridgehead atoms. The molecular formula is C19H32O5. The molecule has 4 aliphatic carbocycles. The van der Waals surface area contributed by atoms with E-state index in [2.05, 4.69) is 0 Å². The summed E-state index contributed by atoms with van der Waals surface area (Å²) in [6.45, 7) is 2.17. The highest BCUT2D eigenvalue weighted by Gasteiger charge is 2.50. The average Bonchev–Trinajstić information content (AvgIpc) is 2.53. The first-order chi connectivity index (χ1) is 11.5. The Morgan fingerprint density at radius 1 is 1.00 bits per heavy atom. The summed E-state index contributed by atoms with van der Waals surface area (Å²) in [5.41, 5.74) is 0.441. The van der Waals surface area contributed by atoms with Crippen molar-refractivity contribution in [3.8, 4) is 0 Å². The second kappa shape index (κ2) is 6.51. The molecule has 4 saturated carbocycles. The third kappa shape index (κ3) is 3.03. The molecule has 0 aromatic carbocycles. The summed E-state index contributed by atoms with van der Waals surface area (Å²) in [6, 6.07) is 0. The second-order valence-electron chi connectivity index (χ2n) is 9.10. The smallest absolute Gasteiger partial charge is 0.186 e. The van der Waals surface area contributed by atoms with E-state index in [1.165, 1.54) is 38.5 Å². The highest BCUT2D eigenvalue weighted by Crippen LogP contribution is 2.61. The number of rotatable bonds is 5. The van der Waals surface area contributed by atoms with E-state index in [0.717, 1.165) is 24.2 Å². The first kappa shape index (κ1) is 17.2. The van der Waals surface area contributed by atoms with E-state index in [-0.39, 0.29) is 12.5 Å². The summed E-state index contributed by atoms with van der Waals surface area (Å²) >= 11 is 0. The van der Waals surface area contributed by atoms with Crippen molar-refractivity contribution in [1.82, 2.24) is 0 Å². The molecule has 0 radical (unpaired) electrons. The van der Waals surface area contributed by atoms with Crippen LogP contribution in [0.1, 0.15) is 51.9 Å².